The van der Waals surface area contributed by atoms with Crippen molar-refractivity contribution in [3.8, 4) is 5.69 Å². The molecule has 5 heteroatoms. The predicted octanol–water partition coefficient (Wildman–Crippen LogP) is 3.54. The fourth-order valence-electron chi connectivity index (χ4n) is 2.34. The van der Waals surface area contributed by atoms with Crippen molar-refractivity contribution in [2.24, 2.45) is 0 Å². The number of benzene rings is 1. The van der Waals surface area contributed by atoms with Crippen LogP contribution in [0.4, 0.5) is 0 Å². The molecule has 2 heterocycles. The molecule has 110 valence electrons. The van der Waals surface area contributed by atoms with E-state index in [1.165, 1.54) is 0 Å². The molecule has 1 fully saturated rings. The van der Waals surface area contributed by atoms with Crippen molar-refractivity contribution >= 4 is 28.5 Å². The summed E-state index contributed by atoms with van der Waals surface area (Å²) in [5.74, 6) is 0. The molecule has 1 aliphatic rings. The maximum absolute atomic E-state index is 6.10. The van der Waals surface area contributed by atoms with Crippen LogP contribution in [0.5, 0.6) is 0 Å². The van der Waals surface area contributed by atoms with Gasteiger partial charge in [0.05, 0.1) is 11.2 Å². The van der Waals surface area contributed by atoms with Crippen LogP contribution in [0, 0.1) is 0 Å². The highest BCUT2D eigenvalue weighted by Crippen LogP contribution is 2.37. The Balaban J connectivity index is 1.91. The summed E-state index contributed by atoms with van der Waals surface area (Å²) in [6, 6.07) is 10.2. The molecule has 0 aliphatic carbocycles. The molecule has 0 spiro atoms. The lowest BCUT2D eigenvalue weighted by Crippen LogP contribution is -2.41. The Bertz CT molecular complexity index is 636. The van der Waals surface area contributed by atoms with E-state index < -0.39 is 0 Å². The Kier molecular flexibility index (Phi) is 3.55. The summed E-state index contributed by atoms with van der Waals surface area (Å²) < 4.78 is 15.3. The van der Waals surface area contributed by atoms with E-state index in [0.29, 0.717) is 0 Å². The number of halogens is 1. The van der Waals surface area contributed by atoms with Gasteiger partial charge < -0.3 is 13.9 Å². The highest BCUT2D eigenvalue weighted by atomic mass is 79.9. The zero-order valence-corrected chi connectivity index (χ0v) is 14.3. The molecular weight excluding hydrogens is 329 g/mol. The lowest BCUT2D eigenvalue weighted by molar-refractivity contribution is 0.00578. The van der Waals surface area contributed by atoms with Gasteiger partial charge in [0.2, 0.25) is 0 Å². The lowest BCUT2D eigenvalue weighted by atomic mass is 9.79. The van der Waals surface area contributed by atoms with Crippen molar-refractivity contribution in [1.82, 2.24) is 4.57 Å². The molecule has 2 aromatic rings. The fraction of sp³-hybridized carbons (Fsp3) is 0.375. The molecule has 3 rings (SSSR count). The van der Waals surface area contributed by atoms with E-state index in [2.05, 4.69) is 66.4 Å². The van der Waals surface area contributed by atoms with Gasteiger partial charge in [0.15, 0.2) is 0 Å². The standard InChI is InChI=1S/C16H19BBrNO2/c1-15(2)16(3,4)21-17(20-15)13-8-7-12(11-14(13)18)19-9-5-6-10-19/h5-11H,1-4H3. The molecule has 1 aliphatic heterocycles. The number of hydrogen-bond acceptors (Lipinski definition) is 2. The third kappa shape index (κ3) is 2.58. The summed E-state index contributed by atoms with van der Waals surface area (Å²) in [6.07, 6.45) is 4.05. The Labute approximate surface area is 134 Å². The van der Waals surface area contributed by atoms with Crippen LogP contribution >= 0.6 is 15.9 Å². The largest absolute Gasteiger partial charge is 0.495 e. The van der Waals surface area contributed by atoms with E-state index in [0.717, 1.165) is 15.6 Å². The highest BCUT2D eigenvalue weighted by Gasteiger charge is 2.52. The van der Waals surface area contributed by atoms with Crippen molar-refractivity contribution in [2.45, 2.75) is 38.9 Å². The maximum Gasteiger partial charge on any atom is 0.495 e. The summed E-state index contributed by atoms with van der Waals surface area (Å²) >= 11 is 3.64. The zero-order chi connectivity index (χ0) is 15.3. The summed E-state index contributed by atoms with van der Waals surface area (Å²) in [4.78, 5) is 0. The summed E-state index contributed by atoms with van der Waals surface area (Å²) in [5, 5.41) is 0. The van der Waals surface area contributed by atoms with Crippen molar-refractivity contribution < 1.29 is 9.31 Å². The quantitative estimate of drug-likeness (QED) is 0.776. The van der Waals surface area contributed by atoms with E-state index in [1.807, 2.05) is 24.5 Å². The summed E-state index contributed by atoms with van der Waals surface area (Å²) in [6.45, 7) is 8.26. The topological polar surface area (TPSA) is 23.4 Å². The van der Waals surface area contributed by atoms with Crippen molar-refractivity contribution in [1.29, 1.82) is 0 Å². The monoisotopic (exact) mass is 347 g/mol. The van der Waals surface area contributed by atoms with Gasteiger partial charge in [-0.05, 0) is 57.4 Å². The van der Waals surface area contributed by atoms with Gasteiger partial charge in [0.25, 0.3) is 0 Å². The highest BCUT2D eigenvalue weighted by molar-refractivity contribution is 9.10. The number of nitrogens with zero attached hydrogens (tertiary/aromatic N) is 1. The molecule has 0 saturated carbocycles. The Hall–Kier alpha value is -1.04. The first-order valence-electron chi connectivity index (χ1n) is 7.09. The van der Waals surface area contributed by atoms with Crippen LogP contribution in [0.3, 0.4) is 0 Å². The van der Waals surface area contributed by atoms with Gasteiger partial charge in [0, 0.05) is 22.6 Å². The SMILES string of the molecule is CC1(C)OB(c2ccc(-n3cccc3)cc2Br)OC1(C)C. The second-order valence-electron chi connectivity index (χ2n) is 6.38. The molecule has 0 radical (unpaired) electrons. The van der Waals surface area contributed by atoms with Gasteiger partial charge in [-0.2, -0.15) is 0 Å². The second-order valence-corrected chi connectivity index (χ2v) is 7.24. The van der Waals surface area contributed by atoms with Gasteiger partial charge in [-0.25, -0.2) is 0 Å². The molecule has 0 N–H and O–H groups in total. The predicted molar refractivity (Wildman–Crippen MR) is 89.2 cm³/mol. The van der Waals surface area contributed by atoms with Crippen LogP contribution < -0.4 is 5.46 Å². The third-order valence-corrected chi connectivity index (χ3v) is 5.08. The molecule has 21 heavy (non-hydrogen) atoms. The molecule has 1 aromatic heterocycles. The van der Waals surface area contributed by atoms with Crippen LogP contribution in [0.15, 0.2) is 47.2 Å². The van der Waals surface area contributed by atoms with Gasteiger partial charge in [0.1, 0.15) is 0 Å². The van der Waals surface area contributed by atoms with Crippen LogP contribution in [-0.4, -0.2) is 22.9 Å². The molecule has 3 nitrogen and oxygen atoms in total. The first kappa shape index (κ1) is 14.9. The Morgan fingerprint density at radius 2 is 1.57 bits per heavy atom. The number of aromatic nitrogens is 1. The first-order chi connectivity index (χ1) is 9.80. The van der Waals surface area contributed by atoms with Crippen LogP contribution in [-0.2, 0) is 9.31 Å². The van der Waals surface area contributed by atoms with E-state index in [1.54, 1.807) is 0 Å². The average molecular weight is 348 g/mol. The van der Waals surface area contributed by atoms with Crippen LogP contribution in [0.1, 0.15) is 27.7 Å². The lowest BCUT2D eigenvalue weighted by Gasteiger charge is -2.32. The Morgan fingerprint density at radius 1 is 1.00 bits per heavy atom. The zero-order valence-electron chi connectivity index (χ0n) is 12.8. The molecule has 0 atom stereocenters. The van der Waals surface area contributed by atoms with E-state index in [9.17, 15) is 0 Å². The smallest absolute Gasteiger partial charge is 0.399 e. The molecule has 1 aromatic carbocycles. The number of hydrogen-bond donors (Lipinski definition) is 0. The number of rotatable bonds is 2. The fourth-order valence-corrected chi connectivity index (χ4v) is 2.90. The normalized spacial score (nSPS) is 20.0. The minimum atomic E-state index is -0.344. The first-order valence-corrected chi connectivity index (χ1v) is 7.88. The van der Waals surface area contributed by atoms with Crippen molar-refractivity contribution in [2.75, 3.05) is 0 Å². The van der Waals surface area contributed by atoms with Gasteiger partial charge >= 0.3 is 7.12 Å². The third-order valence-electron chi connectivity index (χ3n) is 4.39. The van der Waals surface area contributed by atoms with Crippen molar-refractivity contribution in [3.63, 3.8) is 0 Å². The molecule has 0 bridgehead atoms. The molecule has 1 saturated heterocycles. The minimum absolute atomic E-state index is 0.323. The van der Waals surface area contributed by atoms with E-state index in [-0.39, 0.29) is 18.3 Å². The van der Waals surface area contributed by atoms with Gasteiger partial charge in [-0.3, -0.25) is 0 Å². The summed E-state index contributed by atoms with van der Waals surface area (Å²) in [5.41, 5.74) is 1.48. The molecule has 0 unspecified atom stereocenters. The molecular formula is C16H19BBrNO2. The summed E-state index contributed by atoms with van der Waals surface area (Å²) in [7, 11) is -0.344. The second kappa shape index (κ2) is 5.01. The van der Waals surface area contributed by atoms with Crippen LogP contribution in [0.25, 0.3) is 5.69 Å². The maximum atomic E-state index is 6.10. The van der Waals surface area contributed by atoms with E-state index in [4.69, 9.17) is 9.31 Å². The van der Waals surface area contributed by atoms with Gasteiger partial charge in [-0.15, -0.1) is 0 Å². The minimum Gasteiger partial charge on any atom is -0.399 e. The molecule has 0 amide bonds. The Morgan fingerprint density at radius 3 is 2.10 bits per heavy atom. The van der Waals surface area contributed by atoms with Crippen molar-refractivity contribution in [3.05, 3.63) is 47.2 Å². The van der Waals surface area contributed by atoms with Crippen LogP contribution in [0.2, 0.25) is 0 Å². The van der Waals surface area contributed by atoms with Gasteiger partial charge in [-0.1, -0.05) is 22.0 Å². The van der Waals surface area contributed by atoms with E-state index >= 15 is 0 Å². The average Bonchev–Trinajstić information content (AvgIpc) is 2.96.